The van der Waals surface area contributed by atoms with Crippen LogP contribution < -0.4 is 11.3 Å². The van der Waals surface area contributed by atoms with Crippen LogP contribution in [0.25, 0.3) is 0 Å². The van der Waals surface area contributed by atoms with Gasteiger partial charge in [-0.15, -0.1) is 0 Å². The van der Waals surface area contributed by atoms with Crippen LogP contribution in [0.15, 0.2) is 39.4 Å². The van der Waals surface area contributed by atoms with Gasteiger partial charge in [0.05, 0.1) is 0 Å². The number of pyridine rings is 1. The standard InChI is InChI=1S/C14H18N4OS/c1-3-4-11-7-12(19)18-14(17-11)20-13-6-5-10(8-16-13)9(2)15/h5-9H,3-4,15H2,1-2H3,(H,17,18,19). The summed E-state index contributed by atoms with van der Waals surface area (Å²) in [5.74, 6) is 0. The molecular formula is C14H18N4OS. The molecule has 0 aliphatic rings. The largest absolute Gasteiger partial charge is 0.324 e. The highest BCUT2D eigenvalue weighted by Crippen LogP contribution is 2.22. The van der Waals surface area contributed by atoms with Crippen LogP contribution >= 0.6 is 11.8 Å². The average Bonchev–Trinajstić information content (AvgIpc) is 2.39. The van der Waals surface area contributed by atoms with E-state index in [4.69, 9.17) is 5.73 Å². The van der Waals surface area contributed by atoms with E-state index in [0.717, 1.165) is 29.1 Å². The van der Waals surface area contributed by atoms with Crippen molar-refractivity contribution in [3.63, 3.8) is 0 Å². The van der Waals surface area contributed by atoms with Crippen LogP contribution in [0.1, 0.15) is 37.6 Å². The van der Waals surface area contributed by atoms with Gasteiger partial charge in [-0.3, -0.25) is 4.79 Å². The van der Waals surface area contributed by atoms with Crippen LogP contribution in [-0.4, -0.2) is 15.0 Å². The van der Waals surface area contributed by atoms with Gasteiger partial charge < -0.3 is 10.7 Å². The summed E-state index contributed by atoms with van der Waals surface area (Å²) >= 11 is 1.34. The molecule has 0 bridgehead atoms. The van der Waals surface area contributed by atoms with Crippen molar-refractivity contribution in [3.05, 3.63) is 46.0 Å². The van der Waals surface area contributed by atoms with Crippen molar-refractivity contribution in [2.24, 2.45) is 5.73 Å². The second-order valence-electron chi connectivity index (χ2n) is 4.61. The number of aryl methyl sites for hydroxylation is 1. The summed E-state index contributed by atoms with van der Waals surface area (Å²) in [4.78, 5) is 23.0. The summed E-state index contributed by atoms with van der Waals surface area (Å²) in [6.07, 6.45) is 3.51. The summed E-state index contributed by atoms with van der Waals surface area (Å²) in [6, 6.07) is 5.33. The molecule has 106 valence electrons. The summed E-state index contributed by atoms with van der Waals surface area (Å²) < 4.78 is 0. The first-order valence-electron chi connectivity index (χ1n) is 6.58. The van der Waals surface area contributed by atoms with Crippen LogP contribution in [0.2, 0.25) is 0 Å². The lowest BCUT2D eigenvalue weighted by molar-refractivity contribution is 0.803. The Morgan fingerprint density at radius 1 is 1.45 bits per heavy atom. The molecule has 1 atom stereocenters. The smallest absolute Gasteiger partial charge is 0.251 e. The number of nitrogens with one attached hydrogen (secondary N) is 1. The van der Waals surface area contributed by atoms with E-state index < -0.39 is 0 Å². The number of aromatic nitrogens is 3. The van der Waals surface area contributed by atoms with Gasteiger partial charge in [-0.2, -0.15) is 0 Å². The Balaban J connectivity index is 2.18. The van der Waals surface area contributed by atoms with Crippen molar-refractivity contribution in [2.45, 2.75) is 42.9 Å². The van der Waals surface area contributed by atoms with Gasteiger partial charge in [-0.25, -0.2) is 9.97 Å². The van der Waals surface area contributed by atoms with E-state index in [0.29, 0.717) is 5.16 Å². The highest BCUT2D eigenvalue weighted by atomic mass is 32.2. The third-order valence-electron chi connectivity index (χ3n) is 2.77. The first-order chi connectivity index (χ1) is 9.58. The molecule has 2 heterocycles. The highest BCUT2D eigenvalue weighted by Gasteiger charge is 2.05. The predicted molar refractivity (Wildman–Crippen MR) is 79.8 cm³/mol. The molecule has 2 rings (SSSR count). The maximum atomic E-state index is 11.6. The minimum Gasteiger partial charge on any atom is -0.324 e. The number of aromatic amines is 1. The van der Waals surface area contributed by atoms with Crippen molar-refractivity contribution < 1.29 is 0 Å². The van der Waals surface area contributed by atoms with Crippen LogP contribution in [0.5, 0.6) is 0 Å². The monoisotopic (exact) mass is 290 g/mol. The maximum absolute atomic E-state index is 11.6. The first kappa shape index (κ1) is 14.7. The minimum atomic E-state index is -0.127. The molecule has 0 fully saturated rings. The summed E-state index contributed by atoms with van der Waals surface area (Å²) in [7, 11) is 0. The molecule has 2 aromatic heterocycles. The summed E-state index contributed by atoms with van der Waals surface area (Å²) in [5.41, 5.74) is 7.45. The van der Waals surface area contributed by atoms with Gasteiger partial charge >= 0.3 is 0 Å². The number of rotatable bonds is 5. The van der Waals surface area contributed by atoms with Crippen LogP contribution in [0, 0.1) is 0 Å². The molecule has 0 aliphatic heterocycles. The SMILES string of the molecule is CCCc1cc(=O)[nH]c(Sc2ccc(C(C)N)cn2)n1. The molecule has 5 nitrogen and oxygen atoms in total. The topological polar surface area (TPSA) is 84.7 Å². The van der Waals surface area contributed by atoms with Gasteiger partial charge in [0, 0.05) is 24.0 Å². The van der Waals surface area contributed by atoms with Crippen LogP contribution in [0.3, 0.4) is 0 Å². The Bertz CT molecular complexity index is 622. The number of H-pyrrole nitrogens is 1. The zero-order chi connectivity index (χ0) is 14.5. The van der Waals surface area contributed by atoms with Gasteiger partial charge in [-0.05, 0) is 36.7 Å². The van der Waals surface area contributed by atoms with E-state index in [9.17, 15) is 4.79 Å². The molecule has 0 saturated carbocycles. The molecule has 0 radical (unpaired) electrons. The van der Waals surface area contributed by atoms with Gasteiger partial charge in [-0.1, -0.05) is 19.4 Å². The summed E-state index contributed by atoms with van der Waals surface area (Å²) in [6.45, 7) is 3.97. The van der Waals surface area contributed by atoms with E-state index >= 15 is 0 Å². The quantitative estimate of drug-likeness (QED) is 0.825. The molecule has 0 saturated heterocycles. The van der Waals surface area contributed by atoms with Gasteiger partial charge in [0.2, 0.25) is 0 Å². The Kier molecular flexibility index (Phi) is 4.92. The molecule has 3 N–H and O–H groups in total. The highest BCUT2D eigenvalue weighted by molar-refractivity contribution is 7.99. The van der Waals surface area contributed by atoms with Crippen LogP contribution in [-0.2, 0) is 6.42 Å². The molecule has 0 aromatic carbocycles. The number of nitrogens with zero attached hydrogens (tertiary/aromatic N) is 2. The number of nitrogens with two attached hydrogens (primary N) is 1. The van der Waals surface area contributed by atoms with E-state index in [1.165, 1.54) is 11.8 Å². The fraction of sp³-hybridized carbons (Fsp3) is 0.357. The van der Waals surface area contributed by atoms with Crippen molar-refractivity contribution in [3.8, 4) is 0 Å². The van der Waals surface area contributed by atoms with Gasteiger partial charge in [0.15, 0.2) is 5.16 Å². The third-order valence-corrected chi connectivity index (χ3v) is 3.60. The zero-order valence-corrected chi connectivity index (χ0v) is 12.4. The molecule has 0 amide bonds. The second kappa shape index (κ2) is 6.67. The number of hydrogen-bond acceptors (Lipinski definition) is 5. The van der Waals surface area contributed by atoms with E-state index in [-0.39, 0.29) is 11.6 Å². The van der Waals surface area contributed by atoms with Crippen LogP contribution in [0.4, 0.5) is 0 Å². The summed E-state index contributed by atoms with van der Waals surface area (Å²) in [5, 5.41) is 1.35. The molecule has 1 unspecified atom stereocenters. The average molecular weight is 290 g/mol. The van der Waals surface area contributed by atoms with E-state index in [1.54, 1.807) is 12.3 Å². The fourth-order valence-corrected chi connectivity index (χ4v) is 2.49. The molecule has 0 spiro atoms. The molecule has 6 heteroatoms. The second-order valence-corrected chi connectivity index (χ2v) is 5.62. The van der Waals surface area contributed by atoms with Gasteiger partial charge in [0.1, 0.15) is 5.03 Å². The Labute approximate surface area is 122 Å². The lowest BCUT2D eigenvalue weighted by Gasteiger charge is -2.06. The predicted octanol–water partition coefficient (Wildman–Crippen LogP) is 2.29. The zero-order valence-electron chi connectivity index (χ0n) is 11.6. The molecule has 20 heavy (non-hydrogen) atoms. The maximum Gasteiger partial charge on any atom is 0.251 e. The van der Waals surface area contributed by atoms with E-state index in [2.05, 4.69) is 21.9 Å². The Hall–Kier alpha value is -1.66. The Morgan fingerprint density at radius 3 is 2.85 bits per heavy atom. The lowest BCUT2D eigenvalue weighted by Crippen LogP contribution is -2.10. The van der Waals surface area contributed by atoms with Crippen molar-refractivity contribution in [1.29, 1.82) is 0 Å². The first-order valence-corrected chi connectivity index (χ1v) is 7.39. The minimum absolute atomic E-state index is 0.0348. The normalized spacial score (nSPS) is 12.3. The lowest BCUT2D eigenvalue weighted by atomic mass is 10.2. The Morgan fingerprint density at radius 2 is 2.25 bits per heavy atom. The fourth-order valence-electron chi connectivity index (χ4n) is 1.74. The molecular weight excluding hydrogens is 272 g/mol. The third kappa shape index (κ3) is 3.91. The molecule has 2 aromatic rings. The van der Waals surface area contributed by atoms with Gasteiger partial charge in [0.25, 0.3) is 5.56 Å². The number of hydrogen-bond donors (Lipinski definition) is 2. The van der Waals surface area contributed by atoms with E-state index in [1.807, 2.05) is 19.1 Å². The van der Waals surface area contributed by atoms with Crippen molar-refractivity contribution in [2.75, 3.05) is 0 Å². The van der Waals surface area contributed by atoms with Crippen molar-refractivity contribution in [1.82, 2.24) is 15.0 Å². The molecule has 0 aliphatic carbocycles. The van der Waals surface area contributed by atoms with Crippen molar-refractivity contribution >= 4 is 11.8 Å².